The fourth-order valence-electron chi connectivity index (χ4n) is 0.870. The number of halogens is 1. The highest BCUT2D eigenvalue weighted by Crippen LogP contribution is 2.35. The predicted octanol–water partition coefficient (Wildman–Crippen LogP) is 1.83. The SMILES string of the molecule is COc1cccc(O)c1OC.Cl. The lowest BCUT2D eigenvalue weighted by Gasteiger charge is -2.07. The molecule has 0 atom stereocenters. The predicted molar refractivity (Wildman–Crippen MR) is 48.5 cm³/mol. The van der Waals surface area contributed by atoms with E-state index in [0.29, 0.717) is 11.5 Å². The van der Waals surface area contributed by atoms with Gasteiger partial charge < -0.3 is 14.6 Å². The van der Waals surface area contributed by atoms with Crippen LogP contribution in [0.4, 0.5) is 0 Å². The molecule has 1 aromatic carbocycles. The average Bonchev–Trinajstić information content (AvgIpc) is 2.04. The van der Waals surface area contributed by atoms with Gasteiger partial charge in [0.1, 0.15) is 0 Å². The Kier molecular flexibility index (Phi) is 4.29. The zero-order valence-electron chi connectivity index (χ0n) is 6.90. The van der Waals surface area contributed by atoms with Crippen molar-refractivity contribution in [2.45, 2.75) is 0 Å². The number of aromatic hydroxyl groups is 1. The maximum absolute atomic E-state index is 9.22. The number of hydrogen-bond donors (Lipinski definition) is 1. The molecule has 3 nitrogen and oxygen atoms in total. The van der Waals surface area contributed by atoms with Crippen LogP contribution in [0.3, 0.4) is 0 Å². The molecule has 0 heterocycles. The van der Waals surface area contributed by atoms with Crippen molar-refractivity contribution in [1.29, 1.82) is 0 Å². The zero-order chi connectivity index (χ0) is 8.27. The molecule has 12 heavy (non-hydrogen) atoms. The van der Waals surface area contributed by atoms with Crippen molar-refractivity contribution in [3.8, 4) is 17.2 Å². The van der Waals surface area contributed by atoms with Crippen molar-refractivity contribution in [3.63, 3.8) is 0 Å². The minimum atomic E-state index is 0. The molecule has 0 saturated carbocycles. The van der Waals surface area contributed by atoms with E-state index < -0.39 is 0 Å². The van der Waals surface area contributed by atoms with Crippen molar-refractivity contribution in [3.05, 3.63) is 18.2 Å². The third-order valence-corrected chi connectivity index (χ3v) is 1.38. The molecule has 1 rings (SSSR count). The van der Waals surface area contributed by atoms with Gasteiger partial charge in [0, 0.05) is 0 Å². The molecule has 0 spiro atoms. The third-order valence-electron chi connectivity index (χ3n) is 1.38. The fourth-order valence-corrected chi connectivity index (χ4v) is 0.870. The van der Waals surface area contributed by atoms with Crippen LogP contribution in [0.1, 0.15) is 0 Å². The lowest BCUT2D eigenvalue weighted by Crippen LogP contribution is -1.89. The molecule has 1 aromatic rings. The summed E-state index contributed by atoms with van der Waals surface area (Å²) in [7, 11) is 3.01. The topological polar surface area (TPSA) is 38.7 Å². The highest BCUT2D eigenvalue weighted by Gasteiger charge is 2.06. The van der Waals surface area contributed by atoms with Crippen molar-refractivity contribution in [1.82, 2.24) is 0 Å². The van der Waals surface area contributed by atoms with Crippen LogP contribution in [0.25, 0.3) is 0 Å². The van der Waals surface area contributed by atoms with E-state index in [4.69, 9.17) is 9.47 Å². The number of methoxy groups -OCH3 is 2. The van der Waals surface area contributed by atoms with Gasteiger partial charge in [0.05, 0.1) is 14.2 Å². The quantitative estimate of drug-likeness (QED) is 0.774. The maximum Gasteiger partial charge on any atom is 0.203 e. The summed E-state index contributed by atoms with van der Waals surface area (Å²) in [6.07, 6.45) is 0. The number of ether oxygens (including phenoxy) is 2. The molecule has 0 amide bonds. The van der Waals surface area contributed by atoms with E-state index in [1.807, 2.05) is 0 Å². The number of rotatable bonds is 2. The van der Waals surface area contributed by atoms with Crippen molar-refractivity contribution in [2.24, 2.45) is 0 Å². The second kappa shape index (κ2) is 4.72. The summed E-state index contributed by atoms with van der Waals surface area (Å²) in [5.41, 5.74) is 0. The van der Waals surface area contributed by atoms with Gasteiger partial charge in [0.15, 0.2) is 11.5 Å². The normalized spacial score (nSPS) is 8.50. The lowest BCUT2D eigenvalue weighted by molar-refractivity contribution is 0.333. The summed E-state index contributed by atoms with van der Waals surface area (Å²) in [5.74, 6) is 0.995. The summed E-state index contributed by atoms with van der Waals surface area (Å²) >= 11 is 0. The Balaban J connectivity index is 0.00000121. The third kappa shape index (κ3) is 1.95. The summed E-state index contributed by atoms with van der Waals surface area (Å²) < 4.78 is 9.82. The van der Waals surface area contributed by atoms with E-state index in [1.54, 1.807) is 18.2 Å². The summed E-state index contributed by atoms with van der Waals surface area (Å²) in [6.45, 7) is 0. The van der Waals surface area contributed by atoms with Crippen LogP contribution in [0.2, 0.25) is 0 Å². The Morgan fingerprint density at radius 3 is 2.25 bits per heavy atom. The van der Waals surface area contributed by atoms with Crippen LogP contribution in [0.15, 0.2) is 18.2 Å². The van der Waals surface area contributed by atoms with E-state index in [1.165, 1.54) is 14.2 Å². The van der Waals surface area contributed by atoms with Gasteiger partial charge in [0.25, 0.3) is 0 Å². The highest BCUT2D eigenvalue weighted by molar-refractivity contribution is 5.85. The monoisotopic (exact) mass is 190 g/mol. The summed E-state index contributed by atoms with van der Waals surface area (Å²) in [4.78, 5) is 0. The molecule has 4 heteroatoms. The van der Waals surface area contributed by atoms with Crippen molar-refractivity contribution in [2.75, 3.05) is 14.2 Å². The Morgan fingerprint density at radius 2 is 1.83 bits per heavy atom. The van der Waals surface area contributed by atoms with Gasteiger partial charge in [0.2, 0.25) is 5.75 Å². The molecule has 0 aliphatic heterocycles. The average molecular weight is 191 g/mol. The van der Waals surface area contributed by atoms with Gasteiger partial charge in [-0.25, -0.2) is 0 Å². The molecule has 0 aliphatic carbocycles. The zero-order valence-corrected chi connectivity index (χ0v) is 7.72. The van der Waals surface area contributed by atoms with Gasteiger partial charge in [-0.1, -0.05) is 6.07 Å². The first-order valence-corrected chi connectivity index (χ1v) is 3.19. The van der Waals surface area contributed by atoms with E-state index in [9.17, 15) is 5.11 Å². The van der Waals surface area contributed by atoms with Crippen LogP contribution in [0.5, 0.6) is 17.2 Å². The molecule has 0 saturated heterocycles. The highest BCUT2D eigenvalue weighted by atomic mass is 35.5. The number of para-hydroxylation sites is 1. The second-order valence-corrected chi connectivity index (χ2v) is 2.01. The molecule has 0 bridgehead atoms. The molecule has 1 N–H and O–H groups in total. The van der Waals surface area contributed by atoms with Crippen LogP contribution in [-0.2, 0) is 0 Å². The Morgan fingerprint density at radius 1 is 1.17 bits per heavy atom. The second-order valence-electron chi connectivity index (χ2n) is 2.01. The number of benzene rings is 1. The lowest BCUT2D eigenvalue weighted by atomic mass is 10.3. The first-order valence-electron chi connectivity index (χ1n) is 3.19. The molecule has 0 aromatic heterocycles. The minimum absolute atomic E-state index is 0. The van der Waals surface area contributed by atoms with Gasteiger partial charge in [-0.2, -0.15) is 0 Å². The van der Waals surface area contributed by atoms with Crippen LogP contribution in [0, 0.1) is 0 Å². The Labute approximate surface area is 77.3 Å². The molecule has 68 valence electrons. The molecule has 0 aliphatic rings. The van der Waals surface area contributed by atoms with Crippen molar-refractivity contribution < 1.29 is 14.6 Å². The summed E-state index contributed by atoms with van der Waals surface area (Å²) in [5, 5.41) is 9.22. The van der Waals surface area contributed by atoms with Gasteiger partial charge in [-0.3, -0.25) is 0 Å². The first kappa shape index (κ1) is 10.9. The van der Waals surface area contributed by atoms with Crippen LogP contribution < -0.4 is 9.47 Å². The standard InChI is InChI=1S/C8H10O3.ClH/c1-10-7-5-3-4-6(9)8(7)11-2;/h3-5,9H,1-2H3;1H. The fraction of sp³-hybridized carbons (Fsp3) is 0.250. The van der Waals surface area contributed by atoms with Gasteiger partial charge >= 0.3 is 0 Å². The first-order chi connectivity index (χ1) is 5.29. The molecular formula is C8H11ClO3. The largest absolute Gasteiger partial charge is 0.504 e. The number of phenols is 1. The molecule has 0 unspecified atom stereocenters. The molecular weight excluding hydrogens is 180 g/mol. The summed E-state index contributed by atoms with van der Waals surface area (Å²) in [6, 6.07) is 4.95. The minimum Gasteiger partial charge on any atom is -0.504 e. The molecule has 0 radical (unpaired) electrons. The molecule has 0 fully saturated rings. The van der Waals surface area contributed by atoms with E-state index in [-0.39, 0.29) is 18.2 Å². The van der Waals surface area contributed by atoms with Crippen LogP contribution >= 0.6 is 12.4 Å². The van der Waals surface area contributed by atoms with Gasteiger partial charge in [-0.05, 0) is 12.1 Å². The smallest absolute Gasteiger partial charge is 0.203 e. The number of phenolic OH excluding ortho intramolecular Hbond substituents is 1. The van der Waals surface area contributed by atoms with Crippen LogP contribution in [-0.4, -0.2) is 19.3 Å². The Hall–Kier alpha value is -1.09. The number of hydrogen-bond acceptors (Lipinski definition) is 3. The van der Waals surface area contributed by atoms with E-state index in [0.717, 1.165) is 0 Å². The van der Waals surface area contributed by atoms with Gasteiger partial charge in [-0.15, -0.1) is 12.4 Å². The van der Waals surface area contributed by atoms with Crippen molar-refractivity contribution >= 4 is 12.4 Å². The van der Waals surface area contributed by atoms with E-state index in [2.05, 4.69) is 0 Å². The van der Waals surface area contributed by atoms with E-state index >= 15 is 0 Å². The maximum atomic E-state index is 9.22. The Bertz CT molecular complexity index is 250.